The standard InChI is InChI=1S/C11H18N2O2/c1-2-5-13-8-10(7-12-13)11(14)4-3-6-15-9-11/h7-8,14H,2-6,9H2,1H3. The fraction of sp³-hybridized carbons (Fsp3) is 0.727. The van der Waals surface area contributed by atoms with E-state index in [1.54, 1.807) is 6.20 Å². The Kier molecular flexibility index (Phi) is 3.07. The SMILES string of the molecule is CCCn1cc(C2(O)CCCOC2)cn1. The van der Waals surface area contributed by atoms with Gasteiger partial charge in [-0.1, -0.05) is 6.92 Å². The van der Waals surface area contributed by atoms with Gasteiger partial charge in [-0.05, 0) is 19.3 Å². The van der Waals surface area contributed by atoms with Crippen molar-refractivity contribution >= 4 is 0 Å². The first kappa shape index (κ1) is 10.6. The molecular weight excluding hydrogens is 192 g/mol. The van der Waals surface area contributed by atoms with Crippen LogP contribution in [0, 0.1) is 0 Å². The van der Waals surface area contributed by atoms with E-state index in [2.05, 4.69) is 12.0 Å². The van der Waals surface area contributed by atoms with Crippen LogP contribution in [0.4, 0.5) is 0 Å². The summed E-state index contributed by atoms with van der Waals surface area (Å²) >= 11 is 0. The third-order valence-corrected chi connectivity index (χ3v) is 2.84. The van der Waals surface area contributed by atoms with E-state index in [1.807, 2.05) is 10.9 Å². The topological polar surface area (TPSA) is 47.3 Å². The summed E-state index contributed by atoms with van der Waals surface area (Å²) in [7, 11) is 0. The Labute approximate surface area is 89.9 Å². The third-order valence-electron chi connectivity index (χ3n) is 2.84. The van der Waals surface area contributed by atoms with Crippen LogP contribution in [0.2, 0.25) is 0 Å². The van der Waals surface area contributed by atoms with Gasteiger partial charge in [0.15, 0.2) is 0 Å². The van der Waals surface area contributed by atoms with Gasteiger partial charge in [-0.3, -0.25) is 4.68 Å². The zero-order valence-electron chi connectivity index (χ0n) is 9.15. The average molecular weight is 210 g/mol. The molecule has 4 heteroatoms. The molecule has 0 spiro atoms. The third kappa shape index (κ3) is 2.21. The van der Waals surface area contributed by atoms with Crippen LogP contribution in [-0.4, -0.2) is 28.1 Å². The molecular formula is C11H18N2O2. The Bertz CT molecular complexity index is 316. The highest BCUT2D eigenvalue weighted by Gasteiger charge is 2.33. The van der Waals surface area contributed by atoms with Crippen LogP contribution in [0.3, 0.4) is 0 Å². The number of aromatic nitrogens is 2. The minimum Gasteiger partial charge on any atom is -0.383 e. The summed E-state index contributed by atoms with van der Waals surface area (Å²) in [4.78, 5) is 0. The fourth-order valence-corrected chi connectivity index (χ4v) is 1.96. The summed E-state index contributed by atoms with van der Waals surface area (Å²) in [6, 6.07) is 0. The van der Waals surface area contributed by atoms with Gasteiger partial charge in [0.25, 0.3) is 0 Å². The van der Waals surface area contributed by atoms with E-state index in [1.165, 1.54) is 0 Å². The summed E-state index contributed by atoms with van der Waals surface area (Å²) in [5, 5.41) is 14.6. The number of hydrogen-bond donors (Lipinski definition) is 1. The molecule has 0 aromatic carbocycles. The molecule has 84 valence electrons. The molecule has 1 aromatic heterocycles. The molecule has 1 saturated heterocycles. The van der Waals surface area contributed by atoms with Crippen LogP contribution in [0.15, 0.2) is 12.4 Å². The largest absolute Gasteiger partial charge is 0.383 e. The second-order valence-corrected chi connectivity index (χ2v) is 4.18. The number of nitrogens with zero attached hydrogens (tertiary/aromatic N) is 2. The Morgan fingerprint density at radius 3 is 3.20 bits per heavy atom. The Morgan fingerprint density at radius 1 is 1.67 bits per heavy atom. The summed E-state index contributed by atoms with van der Waals surface area (Å²) in [5.74, 6) is 0. The van der Waals surface area contributed by atoms with Crippen molar-refractivity contribution in [2.24, 2.45) is 0 Å². The van der Waals surface area contributed by atoms with Crippen LogP contribution in [0.1, 0.15) is 31.7 Å². The van der Waals surface area contributed by atoms with Gasteiger partial charge in [0.1, 0.15) is 5.60 Å². The van der Waals surface area contributed by atoms with E-state index in [4.69, 9.17) is 4.74 Å². The van der Waals surface area contributed by atoms with Crippen molar-refractivity contribution in [3.05, 3.63) is 18.0 Å². The predicted octanol–water partition coefficient (Wildman–Crippen LogP) is 1.29. The lowest BCUT2D eigenvalue weighted by Gasteiger charge is -2.30. The van der Waals surface area contributed by atoms with Crippen molar-refractivity contribution < 1.29 is 9.84 Å². The molecule has 1 aliphatic rings. The van der Waals surface area contributed by atoms with Gasteiger partial charge in [0, 0.05) is 24.9 Å². The quantitative estimate of drug-likeness (QED) is 0.817. The summed E-state index contributed by atoms with van der Waals surface area (Å²) in [5.41, 5.74) is 0.0696. The number of aryl methyl sites for hydroxylation is 1. The molecule has 0 radical (unpaired) electrons. The van der Waals surface area contributed by atoms with E-state index >= 15 is 0 Å². The van der Waals surface area contributed by atoms with E-state index in [0.29, 0.717) is 6.61 Å². The van der Waals surface area contributed by atoms with Crippen LogP contribution < -0.4 is 0 Å². The van der Waals surface area contributed by atoms with Crippen LogP contribution in [-0.2, 0) is 16.9 Å². The normalized spacial score (nSPS) is 26.8. The average Bonchev–Trinajstić information content (AvgIpc) is 2.69. The van der Waals surface area contributed by atoms with Crippen LogP contribution >= 0.6 is 0 Å². The molecule has 1 fully saturated rings. The van der Waals surface area contributed by atoms with Crippen molar-refractivity contribution in [2.75, 3.05) is 13.2 Å². The van der Waals surface area contributed by atoms with Gasteiger partial charge in [-0.2, -0.15) is 5.10 Å². The molecule has 0 amide bonds. The first-order chi connectivity index (χ1) is 7.24. The minimum absolute atomic E-state index is 0.394. The summed E-state index contributed by atoms with van der Waals surface area (Å²) in [6.45, 7) is 4.16. The van der Waals surface area contributed by atoms with E-state index in [9.17, 15) is 5.11 Å². The second-order valence-electron chi connectivity index (χ2n) is 4.18. The summed E-state index contributed by atoms with van der Waals surface area (Å²) in [6.07, 6.45) is 6.42. The smallest absolute Gasteiger partial charge is 0.116 e. The molecule has 1 N–H and O–H groups in total. The maximum Gasteiger partial charge on any atom is 0.116 e. The lowest BCUT2D eigenvalue weighted by Crippen LogP contribution is -2.35. The highest BCUT2D eigenvalue weighted by atomic mass is 16.5. The zero-order chi connectivity index (χ0) is 10.7. The van der Waals surface area contributed by atoms with Crippen molar-refractivity contribution in [1.29, 1.82) is 0 Å². The molecule has 1 atom stereocenters. The maximum absolute atomic E-state index is 10.3. The van der Waals surface area contributed by atoms with Gasteiger partial charge < -0.3 is 9.84 Å². The molecule has 2 heterocycles. The highest BCUT2D eigenvalue weighted by Crippen LogP contribution is 2.29. The first-order valence-corrected chi connectivity index (χ1v) is 5.58. The molecule has 1 aromatic rings. The molecule has 4 nitrogen and oxygen atoms in total. The predicted molar refractivity (Wildman–Crippen MR) is 56.5 cm³/mol. The number of ether oxygens (including phenoxy) is 1. The van der Waals surface area contributed by atoms with Gasteiger partial charge in [-0.25, -0.2) is 0 Å². The molecule has 0 aliphatic carbocycles. The van der Waals surface area contributed by atoms with Gasteiger partial charge in [0.2, 0.25) is 0 Å². The van der Waals surface area contributed by atoms with E-state index < -0.39 is 5.60 Å². The lowest BCUT2D eigenvalue weighted by atomic mass is 9.91. The first-order valence-electron chi connectivity index (χ1n) is 5.58. The van der Waals surface area contributed by atoms with Crippen molar-refractivity contribution in [1.82, 2.24) is 9.78 Å². The van der Waals surface area contributed by atoms with Crippen molar-refractivity contribution in [3.8, 4) is 0 Å². The molecule has 15 heavy (non-hydrogen) atoms. The molecule has 1 unspecified atom stereocenters. The maximum atomic E-state index is 10.3. The van der Waals surface area contributed by atoms with Crippen LogP contribution in [0.5, 0.6) is 0 Å². The van der Waals surface area contributed by atoms with Gasteiger partial charge >= 0.3 is 0 Å². The Balaban J connectivity index is 2.12. The Hall–Kier alpha value is -0.870. The molecule has 0 bridgehead atoms. The molecule has 2 rings (SSSR count). The summed E-state index contributed by atoms with van der Waals surface area (Å²) < 4.78 is 7.20. The monoisotopic (exact) mass is 210 g/mol. The molecule has 0 saturated carbocycles. The van der Waals surface area contributed by atoms with E-state index in [0.717, 1.165) is 38.0 Å². The van der Waals surface area contributed by atoms with Gasteiger partial charge in [-0.15, -0.1) is 0 Å². The van der Waals surface area contributed by atoms with E-state index in [-0.39, 0.29) is 0 Å². The zero-order valence-corrected chi connectivity index (χ0v) is 9.15. The van der Waals surface area contributed by atoms with Crippen molar-refractivity contribution in [3.63, 3.8) is 0 Å². The second kappa shape index (κ2) is 4.33. The van der Waals surface area contributed by atoms with Crippen LogP contribution in [0.25, 0.3) is 0 Å². The number of rotatable bonds is 3. The fourth-order valence-electron chi connectivity index (χ4n) is 1.96. The number of hydrogen-bond acceptors (Lipinski definition) is 3. The molecule has 1 aliphatic heterocycles. The lowest BCUT2D eigenvalue weighted by molar-refractivity contribution is -0.0903. The Morgan fingerprint density at radius 2 is 2.53 bits per heavy atom. The minimum atomic E-state index is -0.815. The highest BCUT2D eigenvalue weighted by molar-refractivity contribution is 5.16. The van der Waals surface area contributed by atoms with Gasteiger partial charge in [0.05, 0.1) is 12.8 Å². The van der Waals surface area contributed by atoms with Crippen molar-refractivity contribution in [2.45, 2.75) is 38.3 Å². The number of aliphatic hydroxyl groups is 1.